The van der Waals surface area contributed by atoms with Crippen LogP contribution >= 0.6 is 0 Å². The molecule has 31 heavy (non-hydrogen) atoms. The fourth-order valence-electron chi connectivity index (χ4n) is 3.25. The van der Waals surface area contributed by atoms with E-state index in [-0.39, 0.29) is 11.8 Å². The Morgan fingerprint density at radius 1 is 1.06 bits per heavy atom. The fourth-order valence-corrected chi connectivity index (χ4v) is 3.25. The number of carbonyl (C=O) groups excluding carboxylic acids is 4. The van der Waals surface area contributed by atoms with Crippen LogP contribution in [-0.2, 0) is 20.9 Å². The van der Waals surface area contributed by atoms with Gasteiger partial charge in [0.15, 0.2) is 6.61 Å². The summed E-state index contributed by atoms with van der Waals surface area (Å²) in [6.07, 6.45) is 1.46. The molecule has 0 saturated carbocycles. The standard InChI is InChI=1S/C23H25N3O5/c1-2-24-22(29)18-5-3-6-19(13-18)25-20(27)15-31-23(30)17-10-8-16(9-11-17)14-26-12-4-7-21(26)28/h3,5-6,8-11,13H,2,4,7,12,14-15H2,1H3,(H,24,29)(H,25,27). The highest BCUT2D eigenvalue weighted by molar-refractivity contribution is 5.98. The quantitative estimate of drug-likeness (QED) is 0.634. The molecule has 0 unspecified atom stereocenters. The number of nitrogens with zero attached hydrogens (tertiary/aromatic N) is 1. The molecule has 2 N–H and O–H groups in total. The summed E-state index contributed by atoms with van der Waals surface area (Å²) in [6, 6.07) is 13.3. The maximum absolute atomic E-state index is 12.2. The topological polar surface area (TPSA) is 105 Å². The van der Waals surface area contributed by atoms with Gasteiger partial charge in [-0.1, -0.05) is 18.2 Å². The minimum Gasteiger partial charge on any atom is -0.452 e. The average molecular weight is 423 g/mol. The van der Waals surface area contributed by atoms with E-state index in [0.717, 1.165) is 18.5 Å². The van der Waals surface area contributed by atoms with Gasteiger partial charge in [0.05, 0.1) is 5.56 Å². The maximum Gasteiger partial charge on any atom is 0.338 e. The zero-order valence-electron chi connectivity index (χ0n) is 17.3. The lowest BCUT2D eigenvalue weighted by atomic mass is 10.1. The molecule has 2 aromatic rings. The second-order valence-corrected chi connectivity index (χ2v) is 7.18. The van der Waals surface area contributed by atoms with E-state index >= 15 is 0 Å². The van der Waals surface area contributed by atoms with Crippen molar-refractivity contribution in [3.8, 4) is 0 Å². The number of likely N-dealkylation sites (tertiary alicyclic amines) is 1. The summed E-state index contributed by atoms with van der Waals surface area (Å²) >= 11 is 0. The Balaban J connectivity index is 1.49. The summed E-state index contributed by atoms with van der Waals surface area (Å²) in [7, 11) is 0. The summed E-state index contributed by atoms with van der Waals surface area (Å²) in [5.41, 5.74) is 2.11. The lowest BCUT2D eigenvalue weighted by Crippen LogP contribution is -2.24. The predicted molar refractivity (Wildman–Crippen MR) is 114 cm³/mol. The molecule has 162 valence electrons. The highest BCUT2D eigenvalue weighted by Crippen LogP contribution is 2.15. The summed E-state index contributed by atoms with van der Waals surface area (Å²) < 4.78 is 5.07. The lowest BCUT2D eigenvalue weighted by molar-refractivity contribution is -0.128. The Morgan fingerprint density at radius 2 is 1.84 bits per heavy atom. The van der Waals surface area contributed by atoms with Gasteiger partial charge in [0, 0.05) is 37.3 Å². The molecular formula is C23H25N3O5. The summed E-state index contributed by atoms with van der Waals surface area (Å²) in [6.45, 7) is 3.15. The molecule has 8 heteroatoms. The maximum atomic E-state index is 12.2. The van der Waals surface area contributed by atoms with Crippen molar-refractivity contribution >= 4 is 29.4 Å². The molecule has 0 spiro atoms. The van der Waals surface area contributed by atoms with Crippen LogP contribution in [0.25, 0.3) is 0 Å². The minimum atomic E-state index is -0.616. The van der Waals surface area contributed by atoms with Crippen molar-refractivity contribution in [2.75, 3.05) is 25.0 Å². The van der Waals surface area contributed by atoms with Crippen LogP contribution in [0.4, 0.5) is 5.69 Å². The van der Waals surface area contributed by atoms with Gasteiger partial charge < -0.3 is 20.3 Å². The smallest absolute Gasteiger partial charge is 0.338 e. The van der Waals surface area contributed by atoms with Crippen molar-refractivity contribution in [1.82, 2.24) is 10.2 Å². The van der Waals surface area contributed by atoms with E-state index in [1.165, 1.54) is 0 Å². The van der Waals surface area contributed by atoms with E-state index in [4.69, 9.17) is 4.74 Å². The molecule has 1 saturated heterocycles. The highest BCUT2D eigenvalue weighted by atomic mass is 16.5. The molecule has 1 fully saturated rings. The first-order valence-corrected chi connectivity index (χ1v) is 10.2. The molecule has 0 aromatic heterocycles. The fraction of sp³-hybridized carbons (Fsp3) is 0.304. The Kier molecular flexibility index (Phi) is 7.37. The van der Waals surface area contributed by atoms with Crippen molar-refractivity contribution in [2.45, 2.75) is 26.3 Å². The number of nitrogens with one attached hydrogen (secondary N) is 2. The van der Waals surface area contributed by atoms with Crippen LogP contribution in [0.5, 0.6) is 0 Å². The van der Waals surface area contributed by atoms with Gasteiger partial charge in [0.1, 0.15) is 0 Å². The van der Waals surface area contributed by atoms with Crippen molar-refractivity contribution in [3.05, 3.63) is 65.2 Å². The summed E-state index contributed by atoms with van der Waals surface area (Å²) in [4.78, 5) is 49.7. The van der Waals surface area contributed by atoms with E-state index in [2.05, 4.69) is 10.6 Å². The number of anilines is 1. The van der Waals surface area contributed by atoms with E-state index in [0.29, 0.717) is 36.3 Å². The van der Waals surface area contributed by atoms with Crippen LogP contribution in [0.15, 0.2) is 48.5 Å². The Bertz CT molecular complexity index is 971. The third-order valence-corrected chi connectivity index (χ3v) is 4.81. The van der Waals surface area contributed by atoms with Crippen molar-refractivity contribution in [3.63, 3.8) is 0 Å². The number of benzene rings is 2. The second kappa shape index (κ2) is 10.4. The first-order valence-electron chi connectivity index (χ1n) is 10.2. The van der Waals surface area contributed by atoms with Gasteiger partial charge in [-0.15, -0.1) is 0 Å². The number of hydrogen-bond acceptors (Lipinski definition) is 5. The summed E-state index contributed by atoms with van der Waals surface area (Å²) in [5, 5.41) is 5.29. The van der Waals surface area contributed by atoms with Crippen molar-refractivity contribution < 1.29 is 23.9 Å². The first-order chi connectivity index (χ1) is 15.0. The van der Waals surface area contributed by atoms with Crippen LogP contribution in [0.3, 0.4) is 0 Å². The third kappa shape index (κ3) is 6.15. The first kappa shape index (κ1) is 22.0. The van der Waals surface area contributed by atoms with Gasteiger partial charge in [0.25, 0.3) is 11.8 Å². The van der Waals surface area contributed by atoms with Crippen molar-refractivity contribution in [1.29, 1.82) is 0 Å². The molecule has 1 heterocycles. The largest absolute Gasteiger partial charge is 0.452 e. The number of esters is 1. The van der Waals surface area contributed by atoms with Gasteiger partial charge >= 0.3 is 5.97 Å². The minimum absolute atomic E-state index is 0.144. The van der Waals surface area contributed by atoms with E-state index in [9.17, 15) is 19.2 Å². The van der Waals surface area contributed by atoms with Crippen LogP contribution in [-0.4, -0.2) is 48.3 Å². The molecule has 1 aliphatic rings. The molecule has 3 amide bonds. The number of rotatable bonds is 8. The molecule has 0 radical (unpaired) electrons. The molecule has 0 bridgehead atoms. The summed E-state index contributed by atoms with van der Waals surface area (Å²) in [5.74, 6) is -1.21. The zero-order valence-corrected chi connectivity index (χ0v) is 17.3. The Labute approximate surface area is 180 Å². The van der Waals surface area contributed by atoms with Crippen LogP contribution < -0.4 is 10.6 Å². The van der Waals surface area contributed by atoms with E-state index in [1.807, 2.05) is 6.92 Å². The highest BCUT2D eigenvalue weighted by Gasteiger charge is 2.20. The van der Waals surface area contributed by atoms with E-state index in [1.54, 1.807) is 53.4 Å². The van der Waals surface area contributed by atoms with Gasteiger partial charge in [-0.3, -0.25) is 14.4 Å². The van der Waals surface area contributed by atoms with Gasteiger partial charge in [0.2, 0.25) is 5.91 Å². The van der Waals surface area contributed by atoms with Crippen molar-refractivity contribution in [2.24, 2.45) is 0 Å². The van der Waals surface area contributed by atoms with Crippen LogP contribution in [0, 0.1) is 0 Å². The Morgan fingerprint density at radius 3 is 2.52 bits per heavy atom. The average Bonchev–Trinajstić information content (AvgIpc) is 3.17. The molecular weight excluding hydrogens is 398 g/mol. The SMILES string of the molecule is CCNC(=O)c1cccc(NC(=O)COC(=O)c2ccc(CN3CCCC3=O)cc2)c1. The Hall–Kier alpha value is -3.68. The second-order valence-electron chi connectivity index (χ2n) is 7.18. The zero-order chi connectivity index (χ0) is 22.2. The lowest BCUT2D eigenvalue weighted by Gasteiger charge is -2.15. The third-order valence-electron chi connectivity index (χ3n) is 4.81. The number of carbonyl (C=O) groups is 4. The molecule has 8 nitrogen and oxygen atoms in total. The monoisotopic (exact) mass is 423 g/mol. The van der Waals surface area contributed by atoms with Crippen LogP contribution in [0.1, 0.15) is 46.0 Å². The number of ether oxygens (including phenoxy) is 1. The van der Waals surface area contributed by atoms with Crippen LogP contribution in [0.2, 0.25) is 0 Å². The number of amides is 3. The van der Waals surface area contributed by atoms with Gasteiger partial charge in [-0.2, -0.15) is 0 Å². The number of hydrogen-bond donors (Lipinski definition) is 2. The molecule has 3 rings (SSSR count). The molecule has 0 atom stereocenters. The van der Waals surface area contributed by atoms with E-state index < -0.39 is 18.5 Å². The molecule has 1 aliphatic heterocycles. The van der Waals surface area contributed by atoms with Gasteiger partial charge in [-0.05, 0) is 49.2 Å². The van der Waals surface area contributed by atoms with Gasteiger partial charge in [-0.25, -0.2) is 4.79 Å². The molecule has 0 aliphatic carbocycles. The predicted octanol–water partition coefficient (Wildman–Crippen LogP) is 2.35. The normalized spacial score (nSPS) is 13.1. The molecule has 2 aromatic carbocycles.